The fourth-order valence-electron chi connectivity index (χ4n) is 12.3. The first-order valence-electron chi connectivity index (χ1n) is 29.1. The van der Waals surface area contributed by atoms with E-state index in [1.165, 1.54) is 57.3 Å². The molecule has 0 amide bonds. The Hall–Kier alpha value is -3.89. The lowest BCUT2D eigenvalue weighted by atomic mass is 9.68. The van der Waals surface area contributed by atoms with Crippen molar-refractivity contribution in [1.82, 2.24) is 0 Å². The van der Waals surface area contributed by atoms with Crippen LogP contribution in [-0.4, -0.2) is 61.3 Å². The largest absolute Gasteiger partial charge is 0.495 e. The van der Waals surface area contributed by atoms with E-state index >= 15 is 0 Å². The van der Waals surface area contributed by atoms with E-state index in [0.717, 1.165) is 86.3 Å². The zero-order valence-corrected chi connectivity index (χ0v) is 51.6. The third-order valence-electron chi connectivity index (χ3n) is 18.8. The summed E-state index contributed by atoms with van der Waals surface area (Å²) in [6.07, 6.45) is 12.3. The van der Waals surface area contributed by atoms with Crippen LogP contribution >= 0.6 is 0 Å². The van der Waals surface area contributed by atoms with E-state index in [4.69, 9.17) is 23.0 Å². The van der Waals surface area contributed by atoms with Gasteiger partial charge in [-0.2, -0.15) is 0 Å². The van der Waals surface area contributed by atoms with Crippen LogP contribution in [0.2, 0.25) is 19.6 Å². The predicted molar refractivity (Wildman–Crippen MR) is 322 cm³/mol. The Kier molecular flexibility index (Phi) is 17.6. The maximum absolute atomic E-state index is 10.6. The van der Waals surface area contributed by atoms with Crippen molar-refractivity contribution in [2.24, 2.45) is 0 Å². The van der Waals surface area contributed by atoms with Gasteiger partial charge in [0.2, 0.25) is 0 Å². The van der Waals surface area contributed by atoms with E-state index in [1.807, 2.05) is 0 Å². The van der Waals surface area contributed by atoms with E-state index in [0.29, 0.717) is 0 Å². The molecular weight excluding hydrogens is 950 g/mol. The zero-order chi connectivity index (χ0) is 55.9. The van der Waals surface area contributed by atoms with Crippen LogP contribution in [0.4, 0.5) is 0 Å². The molecule has 2 aliphatic carbocycles. The summed E-state index contributed by atoms with van der Waals surface area (Å²) in [5.41, 5.74) is 11.9. The van der Waals surface area contributed by atoms with Crippen molar-refractivity contribution in [3.63, 3.8) is 0 Å². The molecule has 0 unspecified atom stereocenters. The van der Waals surface area contributed by atoms with Crippen LogP contribution in [0.1, 0.15) is 216 Å². The molecule has 2 saturated carbocycles. The van der Waals surface area contributed by atoms with E-state index in [2.05, 4.69) is 227 Å². The highest BCUT2D eigenvalue weighted by atomic mass is 28.4. The lowest BCUT2D eigenvalue weighted by Crippen LogP contribution is -2.41. The number of benzene rings is 4. The van der Waals surface area contributed by atoms with Gasteiger partial charge in [0.1, 0.15) is 11.2 Å². The van der Waals surface area contributed by atoms with Crippen LogP contribution in [0.25, 0.3) is 0 Å². The minimum Gasteiger partial charge on any atom is -0.402 e. The Labute approximate surface area is 463 Å². The van der Waals surface area contributed by atoms with Crippen LogP contribution in [0.3, 0.4) is 0 Å². The molecule has 4 aromatic carbocycles. The Morgan fingerprint density at radius 3 is 1.12 bits per heavy atom. The molecule has 4 aromatic rings. The molecule has 0 radical (unpaired) electrons. The van der Waals surface area contributed by atoms with E-state index in [9.17, 15) is 5.11 Å². The topological polar surface area (TPSA) is 66.4 Å². The number of hydrogen-bond donors (Lipinski definition) is 1. The van der Waals surface area contributed by atoms with Crippen molar-refractivity contribution in [3.8, 4) is 23.7 Å². The standard InChI is InChI=1S/C35H51BO3Si.C32H43BO3/c1-12-35(13-2,30-18-19-31(27(4)25-30)36-37-32(5,6)33(7,8)38-36)29-17-16-28(26(3)24-29)20-23-34(21-14-15-22-34)39-40(9,10)11;1-9-32(10-2,26-14-13-25(23(3)21-26)17-20-31(34)18-11-12-19-31)27-15-16-28(24(4)22-27)33-35-29(5,6)30(7,8)36-33/h16-19,24-25H,12-15,21-22H2,1-11H3;13-16,21-22,34H,9-12,18-19H2,1-8H3. The van der Waals surface area contributed by atoms with Crippen LogP contribution in [0.5, 0.6) is 0 Å². The van der Waals surface area contributed by atoms with Crippen molar-refractivity contribution < 1.29 is 28.1 Å². The first kappa shape index (κ1) is 59.8. The normalized spacial score (nSPS) is 20.1. The molecule has 0 aromatic heterocycles. The SMILES string of the molecule is CCC(CC)(c1ccc(C#CC2(O)CCCC2)c(C)c1)c1ccc(B2OC(C)(C)C(C)(C)O2)c(C)c1.CCC(CC)(c1ccc(C#CC2(O[Si](C)(C)C)CCCC2)c(C)c1)c1ccc(B2OC(C)(C)C(C)(C)O2)c(C)c1. The molecule has 0 spiro atoms. The molecule has 6 nitrogen and oxygen atoms in total. The Morgan fingerprint density at radius 2 is 0.803 bits per heavy atom. The highest BCUT2D eigenvalue weighted by molar-refractivity contribution is 6.69. The summed E-state index contributed by atoms with van der Waals surface area (Å²) in [6.45, 7) is 41.5. The highest BCUT2D eigenvalue weighted by Gasteiger charge is 2.53. The predicted octanol–water partition coefficient (Wildman–Crippen LogP) is 14.6. The second kappa shape index (κ2) is 22.3. The molecule has 9 heteroatoms. The molecule has 0 bridgehead atoms. The second-order valence-corrected chi connectivity index (χ2v) is 30.5. The lowest BCUT2D eigenvalue weighted by molar-refractivity contribution is 0.00578. The quantitative estimate of drug-likeness (QED) is 0.113. The number of aryl methyl sites for hydroxylation is 4. The molecule has 4 fully saturated rings. The van der Waals surface area contributed by atoms with Crippen molar-refractivity contribution in [2.45, 2.75) is 252 Å². The summed E-state index contributed by atoms with van der Waals surface area (Å²) in [7, 11) is -2.37. The lowest BCUT2D eigenvalue weighted by Gasteiger charge is -2.34. The third-order valence-corrected chi connectivity index (χ3v) is 19.8. The van der Waals surface area contributed by atoms with Gasteiger partial charge in [-0.25, -0.2) is 0 Å². The van der Waals surface area contributed by atoms with E-state index in [1.54, 1.807) is 0 Å². The van der Waals surface area contributed by atoms with Gasteiger partial charge in [0.15, 0.2) is 8.32 Å². The molecule has 2 heterocycles. The Bertz CT molecular complexity index is 2810. The van der Waals surface area contributed by atoms with Crippen LogP contribution in [0.15, 0.2) is 72.8 Å². The smallest absolute Gasteiger partial charge is 0.402 e. The van der Waals surface area contributed by atoms with Gasteiger partial charge in [0.05, 0.1) is 22.4 Å². The van der Waals surface area contributed by atoms with E-state index in [-0.39, 0.29) is 53.1 Å². The fraction of sp³-hybridized carbons (Fsp3) is 0.582. The van der Waals surface area contributed by atoms with Gasteiger partial charge in [0.25, 0.3) is 0 Å². The summed E-state index contributed by atoms with van der Waals surface area (Å²) in [6, 6.07) is 27.2. The maximum Gasteiger partial charge on any atom is 0.495 e. The minimum absolute atomic E-state index is 0.0659. The first-order chi connectivity index (χ1) is 35.4. The van der Waals surface area contributed by atoms with Crippen LogP contribution in [-0.2, 0) is 33.9 Å². The first-order valence-corrected chi connectivity index (χ1v) is 32.5. The summed E-state index contributed by atoms with van der Waals surface area (Å²) in [5.74, 6) is 13.6. The third kappa shape index (κ3) is 12.1. The summed E-state index contributed by atoms with van der Waals surface area (Å²) in [5, 5.41) is 10.6. The number of rotatable bonds is 12. The molecule has 4 aliphatic rings. The Balaban J connectivity index is 0.000000222. The van der Waals surface area contributed by atoms with Crippen LogP contribution in [0, 0.1) is 51.4 Å². The molecule has 2 saturated heterocycles. The van der Waals surface area contributed by atoms with E-state index < -0.39 is 13.9 Å². The molecule has 76 heavy (non-hydrogen) atoms. The van der Waals surface area contributed by atoms with Crippen molar-refractivity contribution >= 4 is 33.5 Å². The fourth-order valence-corrected chi connectivity index (χ4v) is 13.7. The van der Waals surface area contributed by atoms with Gasteiger partial charge < -0.3 is 28.1 Å². The molecule has 2 aliphatic heterocycles. The number of aliphatic hydroxyl groups is 1. The second-order valence-electron chi connectivity index (χ2n) is 26.1. The van der Waals surface area contributed by atoms with Gasteiger partial charge in [-0.05, 0) is 236 Å². The molecule has 1 N–H and O–H groups in total. The summed E-state index contributed by atoms with van der Waals surface area (Å²) < 4.78 is 32.1. The maximum atomic E-state index is 10.6. The van der Waals surface area contributed by atoms with Gasteiger partial charge in [-0.3, -0.25) is 0 Å². The van der Waals surface area contributed by atoms with Gasteiger partial charge in [-0.15, -0.1) is 0 Å². The highest BCUT2D eigenvalue weighted by Crippen LogP contribution is 2.44. The van der Waals surface area contributed by atoms with Gasteiger partial charge in [0, 0.05) is 22.0 Å². The average molecular weight is 1050 g/mol. The van der Waals surface area contributed by atoms with Crippen LogP contribution < -0.4 is 10.9 Å². The van der Waals surface area contributed by atoms with Crippen molar-refractivity contribution in [2.75, 3.05) is 0 Å². The zero-order valence-electron chi connectivity index (χ0n) is 50.6. The van der Waals surface area contributed by atoms with Crippen molar-refractivity contribution in [1.29, 1.82) is 0 Å². The summed E-state index contributed by atoms with van der Waals surface area (Å²) in [4.78, 5) is 0. The molecule has 408 valence electrons. The summed E-state index contributed by atoms with van der Waals surface area (Å²) >= 11 is 0. The molecule has 0 atom stereocenters. The van der Waals surface area contributed by atoms with Crippen molar-refractivity contribution in [3.05, 3.63) is 128 Å². The number of hydrogen-bond acceptors (Lipinski definition) is 6. The average Bonchev–Trinajstić information content (AvgIpc) is 4.09. The molecule has 8 rings (SSSR count). The minimum atomic E-state index is -1.68. The van der Waals surface area contributed by atoms with Gasteiger partial charge in [-0.1, -0.05) is 123 Å². The Morgan fingerprint density at radius 1 is 0.487 bits per heavy atom. The van der Waals surface area contributed by atoms with Gasteiger partial charge >= 0.3 is 14.2 Å². The molecular formula is C67H94B2O6Si. The monoisotopic (exact) mass is 1040 g/mol.